The number of piperidine rings is 2. The van der Waals surface area contributed by atoms with Crippen molar-refractivity contribution in [3.63, 3.8) is 0 Å². The van der Waals surface area contributed by atoms with Crippen LogP contribution < -0.4 is 0 Å². The predicted molar refractivity (Wildman–Crippen MR) is 107 cm³/mol. The Morgan fingerprint density at radius 3 is 2.29 bits per heavy atom. The van der Waals surface area contributed by atoms with E-state index in [9.17, 15) is 9.59 Å². The Kier molecular flexibility index (Phi) is 6.27. The Morgan fingerprint density at radius 2 is 1.57 bits per heavy atom. The number of rotatable bonds is 3. The van der Waals surface area contributed by atoms with Gasteiger partial charge in [0.15, 0.2) is 0 Å². The summed E-state index contributed by atoms with van der Waals surface area (Å²) in [6, 6.07) is 10.0. The average Bonchev–Trinajstić information content (AvgIpc) is 2.79. The van der Waals surface area contributed by atoms with Crippen LogP contribution in [0.1, 0.15) is 36.0 Å². The summed E-state index contributed by atoms with van der Waals surface area (Å²) in [7, 11) is 0. The van der Waals surface area contributed by atoms with E-state index < -0.39 is 0 Å². The van der Waals surface area contributed by atoms with Gasteiger partial charge in [0.2, 0.25) is 5.91 Å². The second-order valence-electron chi connectivity index (χ2n) is 8.16. The number of ether oxygens (including phenoxy) is 1. The Hall–Kier alpha value is -1.92. The van der Waals surface area contributed by atoms with Gasteiger partial charge in [0.05, 0.1) is 19.1 Å². The molecule has 6 nitrogen and oxygen atoms in total. The maximum absolute atomic E-state index is 12.9. The number of carbonyl (C=O) groups is 2. The molecule has 3 aliphatic rings. The van der Waals surface area contributed by atoms with Gasteiger partial charge in [-0.3, -0.25) is 14.5 Å². The van der Waals surface area contributed by atoms with Crippen molar-refractivity contribution in [2.75, 3.05) is 52.5 Å². The molecule has 152 valence electrons. The van der Waals surface area contributed by atoms with Crippen LogP contribution in [0.15, 0.2) is 30.3 Å². The van der Waals surface area contributed by atoms with Gasteiger partial charge in [-0.2, -0.15) is 0 Å². The minimum absolute atomic E-state index is 0.121. The van der Waals surface area contributed by atoms with Gasteiger partial charge in [0, 0.05) is 44.3 Å². The van der Waals surface area contributed by atoms with Crippen LogP contribution in [-0.4, -0.2) is 85.0 Å². The maximum atomic E-state index is 12.9. The lowest BCUT2D eigenvalue weighted by molar-refractivity contribution is -0.141. The Balaban J connectivity index is 1.29. The van der Waals surface area contributed by atoms with E-state index in [4.69, 9.17) is 4.74 Å². The van der Waals surface area contributed by atoms with Crippen molar-refractivity contribution in [3.8, 4) is 0 Å². The second kappa shape index (κ2) is 9.05. The first-order valence-electron chi connectivity index (χ1n) is 10.7. The lowest BCUT2D eigenvalue weighted by Crippen LogP contribution is -2.53. The SMILES string of the molecule is O=C(c1ccccc1)N1CCC(N2CCC[C@@H](C(=O)N3CCOCC3)C2)CC1. The Labute approximate surface area is 167 Å². The number of carbonyl (C=O) groups excluding carboxylic acids is 2. The fraction of sp³-hybridized carbons (Fsp3) is 0.636. The van der Waals surface area contributed by atoms with Crippen LogP contribution in [0, 0.1) is 5.92 Å². The summed E-state index contributed by atoms with van der Waals surface area (Å²) in [6.45, 7) is 6.34. The standard InChI is InChI=1S/C22H31N3O3/c26-21(18-5-2-1-3-6-18)23-11-8-20(9-12-23)25-10-4-7-19(17-25)22(27)24-13-15-28-16-14-24/h1-3,5-6,19-20H,4,7-17H2/t19-/m1/s1. The fourth-order valence-electron chi connectivity index (χ4n) is 4.78. The smallest absolute Gasteiger partial charge is 0.253 e. The molecule has 0 N–H and O–H groups in total. The van der Waals surface area contributed by atoms with Crippen LogP contribution in [0.2, 0.25) is 0 Å². The van der Waals surface area contributed by atoms with Crippen LogP contribution in [0.25, 0.3) is 0 Å². The quantitative estimate of drug-likeness (QED) is 0.797. The largest absolute Gasteiger partial charge is 0.378 e. The van der Waals surface area contributed by atoms with E-state index in [1.165, 1.54) is 0 Å². The molecule has 3 heterocycles. The van der Waals surface area contributed by atoms with Gasteiger partial charge in [-0.25, -0.2) is 0 Å². The molecule has 6 heteroatoms. The van der Waals surface area contributed by atoms with Crippen molar-refractivity contribution in [1.29, 1.82) is 0 Å². The number of amides is 2. The summed E-state index contributed by atoms with van der Waals surface area (Å²) in [6.07, 6.45) is 4.08. The third-order valence-corrected chi connectivity index (χ3v) is 6.41. The minimum Gasteiger partial charge on any atom is -0.378 e. The first kappa shape index (κ1) is 19.4. The van der Waals surface area contributed by atoms with E-state index in [1.807, 2.05) is 40.1 Å². The second-order valence-corrected chi connectivity index (χ2v) is 8.16. The van der Waals surface area contributed by atoms with Crippen molar-refractivity contribution in [2.45, 2.75) is 31.7 Å². The Morgan fingerprint density at radius 1 is 0.857 bits per heavy atom. The molecular formula is C22H31N3O3. The van der Waals surface area contributed by atoms with Gasteiger partial charge in [-0.1, -0.05) is 18.2 Å². The Bertz CT molecular complexity index is 667. The predicted octanol–water partition coefficient (Wildman–Crippen LogP) is 1.86. The molecule has 3 aliphatic heterocycles. The normalized spacial score (nSPS) is 24.9. The molecule has 1 aromatic carbocycles. The number of hydrogen-bond donors (Lipinski definition) is 0. The van der Waals surface area contributed by atoms with Gasteiger partial charge >= 0.3 is 0 Å². The zero-order valence-electron chi connectivity index (χ0n) is 16.6. The van der Waals surface area contributed by atoms with Crippen LogP contribution in [0.3, 0.4) is 0 Å². The molecular weight excluding hydrogens is 354 g/mol. The van der Waals surface area contributed by atoms with E-state index in [1.54, 1.807) is 0 Å². The topological polar surface area (TPSA) is 53.1 Å². The van der Waals surface area contributed by atoms with Crippen LogP contribution in [0.4, 0.5) is 0 Å². The van der Waals surface area contributed by atoms with E-state index in [0.717, 1.165) is 70.5 Å². The molecule has 0 aromatic heterocycles. The van der Waals surface area contributed by atoms with Crippen molar-refractivity contribution in [2.24, 2.45) is 5.92 Å². The summed E-state index contributed by atoms with van der Waals surface area (Å²) >= 11 is 0. The van der Waals surface area contributed by atoms with Crippen LogP contribution in [0.5, 0.6) is 0 Å². The highest BCUT2D eigenvalue weighted by atomic mass is 16.5. The molecule has 28 heavy (non-hydrogen) atoms. The molecule has 0 radical (unpaired) electrons. The van der Waals surface area contributed by atoms with Gasteiger partial charge in [0.1, 0.15) is 0 Å². The lowest BCUT2D eigenvalue weighted by Gasteiger charge is -2.43. The van der Waals surface area contributed by atoms with Crippen molar-refractivity contribution in [3.05, 3.63) is 35.9 Å². The zero-order chi connectivity index (χ0) is 19.3. The average molecular weight is 386 g/mol. The highest BCUT2D eigenvalue weighted by molar-refractivity contribution is 5.94. The molecule has 0 spiro atoms. The van der Waals surface area contributed by atoms with Crippen LogP contribution >= 0.6 is 0 Å². The van der Waals surface area contributed by atoms with Crippen molar-refractivity contribution < 1.29 is 14.3 Å². The number of likely N-dealkylation sites (tertiary alicyclic amines) is 2. The molecule has 0 unspecified atom stereocenters. The van der Waals surface area contributed by atoms with Crippen molar-refractivity contribution >= 4 is 11.8 Å². The molecule has 2 amide bonds. The van der Waals surface area contributed by atoms with E-state index in [2.05, 4.69) is 4.90 Å². The molecule has 3 saturated heterocycles. The first-order chi connectivity index (χ1) is 13.7. The zero-order valence-corrected chi connectivity index (χ0v) is 16.6. The molecule has 0 saturated carbocycles. The monoisotopic (exact) mass is 385 g/mol. The third-order valence-electron chi connectivity index (χ3n) is 6.41. The fourth-order valence-corrected chi connectivity index (χ4v) is 4.78. The lowest BCUT2D eigenvalue weighted by atomic mass is 9.92. The summed E-state index contributed by atoms with van der Waals surface area (Å²) in [4.78, 5) is 32.0. The van der Waals surface area contributed by atoms with Crippen LogP contribution in [-0.2, 0) is 9.53 Å². The van der Waals surface area contributed by atoms with E-state index >= 15 is 0 Å². The highest BCUT2D eigenvalue weighted by Crippen LogP contribution is 2.26. The number of nitrogens with zero attached hydrogens (tertiary/aromatic N) is 3. The van der Waals surface area contributed by atoms with Crippen molar-refractivity contribution in [1.82, 2.24) is 14.7 Å². The van der Waals surface area contributed by atoms with Gasteiger partial charge in [-0.15, -0.1) is 0 Å². The number of benzene rings is 1. The molecule has 1 atom stereocenters. The summed E-state index contributed by atoms with van der Waals surface area (Å²) in [5.74, 6) is 0.568. The van der Waals surface area contributed by atoms with E-state index in [-0.39, 0.29) is 11.8 Å². The first-order valence-corrected chi connectivity index (χ1v) is 10.7. The molecule has 4 rings (SSSR count). The molecule has 1 aromatic rings. The molecule has 0 bridgehead atoms. The number of hydrogen-bond acceptors (Lipinski definition) is 4. The van der Waals surface area contributed by atoms with Gasteiger partial charge in [-0.05, 0) is 44.4 Å². The third kappa shape index (κ3) is 4.39. The minimum atomic E-state index is 0.121. The molecule has 0 aliphatic carbocycles. The maximum Gasteiger partial charge on any atom is 0.253 e. The van der Waals surface area contributed by atoms with Gasteiger partial charge in [0.25, 0.3) is 5.91 Å². The van der Waals surface area contributed by atoms with E-state index in [0.29, 0.717) is 25.2 Å². The molecule has 3 fully saturated rings. The summed E-state index contributed by atoms with van der Waals surface area (Å²) < 4.78 is 5.38. The highest BCUT2D eigenvalue weighted by Gasteiger charge is 2.34. The van der Waals surface area contributed by atoms with Gasteiger partial charge < -0.3 is 14.5 Å². The summed E-state index contributed by atoms with van der Waals surface area (Å²) in [5, 5.41) is 0. The number of morpholine rings is 1. The summed E-state index contributed by atoms with van der Waals surface area (Å²) in [5.41, 5.74) is 0.773.